The van der Waals surface area contributed by atoms with Crippen molar-refractivity contribution < 1.29 is 24.2 Å². The Bertz CT molecular complexity index is 626. The quantitative estimate of drug-likeness (QED) is 0.811. The molecular formula is C14H13NO5S. The maximum atomic E-state index is 11.5. The van der Waals surface area contributed by atoms with Gasteiger partial charge >= 0.3 is 5.97 Å². The number of hydrogen-bond donors (Lipinski definition) is 2. The fourth-order valence-electron chi connectivity index (χ4n) is 1.73. The molecule has 1 heterocycles. The molecule has 2 amide bonds. The van der Waals surface area contributed by atoms with Gasteiger partial charge in [-0.05, 0) is 30.3 Å². The lowest BCUT2D eigenvalue weighted by Crippen LogP contribution is -2.26. The number of carbonyl (C=O) groups excluding carboxylic acids is 2. The molecule has 0 spiro atoms. The largest absolute Gasteiger partial charge is 0.479 e. The van der Waals surface area contributed by atoms with Crippen LogP contribution in [-0.2, 0) is 9.59 Å². The summed E-state index contributed by atoms with van der Waals surface area (Å²) in [5.41, 5.74) is 0.546. The van der Waals surface area contributed by atoms with E-state index in [2.05, 4.69) is 5.32 Å². The average Bonchev–Trinajstić information content (AvgIpc) is 2.75. The van der Waals surface area contributed by atoms with Crippen molar-refractivity contribution in [2.24, 2.45) is 0 Å². The number of amides is 2. The second-order valence-electron chi connectivity index (χ2n) is 4.24. The lowest BCUT2D eigenvalue weighted by Gasteiger charge is -2.15. The predicted octanol–water partition coefficient (Wildman–Crippen LogP) is 2.25. The van der Waals surface area contributed by atoms with Gasteiger partial charge in [0.1, 0.15) is 5.75 Å². The lowest BCUT2D eigenvalue weighted by atomic mass is 10.1. The number of ether oxygens (including phenoxy) is 1. The summed E-state index contributed by atoms with van der Waals surface area (Å²) in [5, 5.41) is 10.8. The summed E-state index contributed by atoms with van der Waals surface area (Å²) in [6.45, 7) is 1.71. The van der Waals surface area contributed by atoms with Crippen molar-refractivity contribution >= 4 is 35.0 Å². The highest BCUT2D eigenvalue weighted by atomic mass is 32.2. The van der Waals surface area contributed by atoms with E-state index in [0.29, 0.717) is 17.7 Å². The Labute approximate surface area is 125 Å². The molecule has 6 nitrogen and oxygen atoms in total. The van der Waals surface area contributed by atoms with E-state index in [1.54, 1.807) is 31.2 Å². The molecular weight excluding hydrogens is 294 g/mol. The minimum absolute atomic E-state index is 0.249. The molecule has 1 aromatic carbocycles. The van der Waals surface area contributed by atoms with E-state index >= 15 is 0 Å². The first kappa shape index (κ1) is 15.1. The summed E-state index contributed by atoms with van der Waals surface area (Å²) in [6, 6.07) is 6.75. The first-order chi connectivity index (χ1) is 10.0. The van der Waals surface area contributed by atoms with Crippen LogP contribution in [0.3, 0.4) is 0 Å². The van der Waals surface area contributed by atoms with Gasteiger partial charge in [-0.2, -0.15) is 0 Å². The van der Waals surface area contributed by atoms with Gasteiger partial charge < -0.3 is 9.84 Å². The Balaban J connectivity index is 2.29. The van der Waals surface area contributed by atoms with Crippen LogP contribution in [-0.4, -0.2) is 28.3 Å². The number of rotatable bonds is 5. The minimum atomic E-state index is -1.05. The molecule has 2 rings (SSSR count). The predicted molar refractivity (Wildman–Crippen MR) is 77.9 cm³/mol. The van der Waals surface area contributed by atoms with Gasteiger partial charge in [-0.3, -0.25) is 14.9 Å². The SMILES string of the molecule is CCC(Oc1ccccc1/C=C1/SC(=O)NC1=O)C(=O)O. The lowest BCUT2D eigenvalue weighted by molar-refractivity contribution is -0.145. The Morgan fingerprint density at radius 2 is 2.14 bits per heavy atom. The molecule has 7 heteroatoms. The van der Waals surface area contributed by atoms with Gasteiger partial charge in [0.25, 0.3) is 11.1 Å². The van der Waals surface area contributed by atoms with E-state index in [9.17, 15) is 14.4 Å². The number of nitrogens with one attached hydrogen (secondary N) is 1. The number of carboxylic acid groups (broad SMARTS) is 1. The summed E-state index contributed by atoms with van der Waals surface area (Å²) < 4.78 is 5.46. The first-order valence-corrected chi connectivity index (χ1v) is 7.06. The second-order valence-corrected chi connectivity index (χ2v) is 5.26. The number of carboxylic acids is 1. The fourth-order valence-corrected chi connectivity index (χ4v) is 2.40. The van der Waals surface area contributed by atoms with Crippen molar-refractivity contribution in [3.05, 3.63) is 34.7 Å². The van der Waals surface area contributed by atoms with Gasteiger partial charge in [0.15, 0.2) is 6.10 Å². The molecule has 110 valence electrons. The monoisotopic (exact) mass is 307 g/mol. The molecule has 0 aromatic heterocycles. The van der Waals surface area contributed by atoms with Gasteiger partial charge in [0.2, 0.25) is 0 Å². The van der Waals surface area contributed by atoms with Crippen LogP contribution in [0.2, 0.25) is 0 Å². The van der Waals surface area contributed by atoms with Gasteiger partial charge in [0, 0.05) is 5.56 Å². The Kier molecular flexibility index (Phi) is 4.64. The zero-order valence-electron chi connectivity index (χ0n) is 11.2. The van der Waals surface area contributed by atoms with Crippen molar-refractivity contribution in [2.45, 2.75) is 19.4 Å². The third-order valence-corrected chi connectivity index (χ3v) is 3.57. The van der Waals surface area contributed by atoms with E-state index in [1.807, 2.05) is 0 Å². The third kappa shape index (κ3) is 3.63. The van der Waals surface area contributed by atoms with Crippen LogP contribution in [0.1, 0.15) is 18.9 Å². The highest BCUT2D eigenvalue weighted by Crippen LogP contribution is 2.29. The number of carbonyl (C=O) groups is 3. The number of thioether (sulfide) groups is 1. The fraction of sp³-hybridized carbons (Fsp3) is 0.214. The second kappa shape index (κ2) is 6.45. The van der Waals surface area contributed by atoms with Crippen LogP contribution in [0.5, 0.6) is 5.75 Å². The van der Waals surface area contributed by atoms with E-state index in [4.69, 9.17) is 9.84 Å². The smallest absolute Gasteiger partial charge is 0.344 e. The standard InChI is InChI=1S/C14H13NO5S/c1-2-9(13(17)18)20-10-6-4-3-5-8(10)7-11-12(16)15-14(19)21-11/h3-7,9H,2H2,1H3,(H,17,18)(H,15,16,19)/b11-7+. The van der Waals surface area contributed by atoms with Crippen molar-refractivity contribution in [3.8, 4) is 5.75 Å². The normalized spacial score (nSPS) is 17.7. The highest BCUT2D eigenvalue weighted by Gasteiger charge is 2.25. The van der Waals surface area contributed by atoms with Gasteiger partial charge in [-0.15, -0.1) is 0 Å². The number of hydrogen-bond acceptors (Lipinski definition) is 5. The molecule has 1 aliphatic heterocycles. The van der Waals surface area contributed by atoms with Crippen molar-refractivity contribution in [2.75, 3.05) is 0 Å². The summed E-state index contributed by atoms with van der Waals surface area (Å²) in [6.07, 6.45) is 0.860. The van der Waals surface area contributed by atoms with E-state index in [0.717, 1.165) is 11.8 Å². The molecule has 0 aliphatic carbocycles. The van der Waals surface area contributed by atoms with E-state index in [-0.39, 0.29) is 4.91 Å². The van der Waals surface area contributed by atoms with Crippen LogP contribution in [0.25, 0.3) is 6.08 Å². The number of para-hydroxylation sites is 1. The van der Waals surface area contributed by atoms with Gasteiger partial charge in [0.05, 0.1) is 4.91 Å². The zero-order valence-corrected chi connectivity index (χ0v) is 12.0. The first-order valence-electron chi connectivity index (χ1n) is 6.24. The Morgan fingerprint density at radius 3 is 2.71 bits per heavy atom. The van der Waals surface area contributed by atoms with Crippen LogP contribution >= 0.6 is 11.8 Å². The summed E-state index contributed by atoms with van der Waals surface area (Å²) in [5.74, 6) is -1.17. The van der Waals surface area contributed by atoms with E-state index < -0.39 is 23.2 Å². The maximum absolute atomic E-state index is 11.5. The molecule has 1 aromatic rings. The summed E-state index contributed by atoms with van der Waals surface area (Å²) in [7, 11) is 0. The Morgan fingerprint density at radius 1 is 1.43 bits per heavy atom. The molecule has 0 bridgehead atoms. The molecule has 1 aliphatic rings. The summed E-state index contributed by atoms with van der Waals surface area (Å²) >= 11 is 0.798. The van der Waals surface area contributed by atoms with Crippen molar-refractivity contribution in [3.63, 3.8) is 0 Å². The van der Waals surface area contributed by atoms with Crippen LogP contribution < -0.4 is 10.1 Å². The number of aliphatic carboxylic acids is 1. The van der Waals surface area contributed by atoms with Crippen LogP contribution in [0.4, 0.5) is 4.79 Å². The molecule has 1 unspecified atom stereocenters. The summed E-state index contributed by atoms with van der Waals surface area (Å²) in [4.78, 5) is 33.9. The van der Waals surface area contributed by atoms with Crippen LogP contribution in [0.15, 0.2) is 29.2 Å². The molecule has 2 N–H and O–H groups in total. The van der Waals surface area contributed by atoms with Gasteiger partial charge in [-0.25, -0.2) is 4.79 Å². The molecule has 21 heavy (non-hydrogen) atoms. The molecule has 1 atom stereocenters. The minimum Gasteiger partial charge on any atom is -0.479 e. The molecule has 0 saturated carbocycles. The Hall–Kier alpha value is -2.28. The topological polar surface area (TPSA) is 92.7 Å². The third-order valence-electron chi connectivity index (χ3n) is 2.76. The maximum Gasteiger partial charge on any atom is 0.344 e. The highest BCUT2D eigenvalue weighted by molar-refractivity contribution is 8.18. The van der Waals surface area contributed by atoms with Crippen molar-refractivity contribution in [1.82, 2.24) is 5.32 Å². The van der Waals surface area contributed by atoms with E-state index in [1.165, 1.54) is 6.08 Å². The molecule has 1 saturated heterocycles. The number of benzene rings is 1. The average molecular weight is 307 g/mol. The molecule has 1 fully saturated rings. The van der Waals surface area contributed by atoms with Gasteiger partial charge in [-0.1, -0.05) is 25.1 Å². The molecule has 0 radical (unpaired) electrons. The number of imide groups is 1. The van der Waals surface area contributed by atoms with Crippen molar-refractivity contribution in [1.29, 1.82) is 0 Å². The zero-order chi connectivity index (χ0) is 15.4. The van der Waals surface area contributed by atoms with Crippen LogP contribution in [0, 0.1) is 0 Å².